The molecule has 1 aromatic heterocycles. The summed E-state index contributed by atoms with van der Waals surface area (Å²) in [5, 5.41) is 0. The van der Waals surface area contributed by atoms with Gasteiger partial charge in [0.05, 0.1) is 0 Å². The summed E-state index contributed by atoms with van der Waals surface area (Å²) in [6.45, 7) is 3.80. The number of nitrogens with one attached hydrogen (secondary N) is 1. The van der Waals surface area contributed by atoms with Crippen molar-refractivity contribution >= 4 is 5.78 Å². The quantitative estimate of drug-likeness (QED) is 0.620. The largest absolute Gasteiger partial charge is 0.367 e. The molecule has 10 heavy (non-hydrogen) atoms. The van der Waals surface area contributed by atoms with E-state index in [9.17, 15) is 4.79 Å². The van der Waals surface area contributed by atoms with Crippen molar-refractivity contribution in [2.75, 3.05) is 0 Å². The second-order valence-electron chi connectivity index (χ2n) is 2.33. The van der Waals surface area contributed by atoms with Crippen LogP contribution in [-0.2, 0) is 0 Å². The number of ketones is 1. The summed E-state index contributed by atoms with van der Waals surface area (Å²) in [5.41, 5.74) is 1.86. The summed E-state index contributed by atoms with van der Waals surface area (Å²) in [6.07, 6.45) is 4.17. The molecular weight excluding hydrogens is 126 g/mol. The topological polar surface area (TPSA) is 32.9 Å². The zero-order valence-corrected chi connectivity index (χ0v) is 6.27. The van der Waals surface area contributed by atoms with Gasteiger partial charge in [0.25, 0.3) is 0 Å². The molecule has 0 saturated heterocycles. The third kappa shape index (κ3) is 1.10. The van der Waals surface area contributed by atoms with Gasteiger partial charge in [0, 0.05) is 24.4 Å². The predicted octanol–water partition coefficient (Wildman–Crippen LogP) is 1.92. The molecule has 1 N–H and O–H groups in total. The van der Waals surface area contributed by atoms with Gasteiger partial charge in [-0.25, -0.2) is 0 Å². The molecule has 0 amide bonds. The zero-order valence-electron chi connectivity index (χ0n) is 6.27. The molecule has 0 bridgehead atoms. The van der Waals surface area contributed by atoms with Crippen molar-refractivity contribution in [3.63, 3.8) is 0 Å². The minimum atomic E-state index is 0.207. The maximum absolute atomic E-state index is 11.1. The molecule has 54 valence electrons. The van der Waals surface area contributed by atoms with E-state index in [-0.39, 0.29) is 5.78 Å². The number of H-pyrrole nitrogens is 1. The number of aromatic nitrogens is 1. The van der Waals surface area contributed by atoms with Gasteiger partial charge in [-0.1, -0.05) is 6.92 Å². The minimum absolute atomic E-state index is 0.207. The van der Waals surface area contributed by atoms with Crippen LogP contribution in [0, 0.1) is 6.92 Å². The van der Waals surface area contributed by atoms with Crippen LogP contribution in [0.15, 0.2) is 12.4 Å². The van der Waals surface area contributed by atoms with Crippen LogP contribution < -0.4 is 0 Å². The number of aryl methyl sites for hydroxylation is 1. The average molecular weight is 137 g/mol. The van der Waals surface area contributed by atoms with Crippen LogP contribution in [0.5, 0.6) is 0 Å². The van der Waals surface area contributed by atoms with Crippen molar-refractivity contribution in [2.24, 2.45) is 0 Å². The molecule has 0 aliphatic carbocycles. The van der Waals surface area contributed by atoms with Gasteiger partial charge in [0.1, 0.15) is 0 Å². The molecule has 0 unspecified atom stereocenters. The third-order valence-corrected chi connectivity index (χ3v) is 1.57. The third-order valence-electron chi connectivity index (χ3n) is 1.57. The van der Waals surface area contributed by atoms with E-state index in [1.54, 1.807) is 6.20 Å². The fourth-order valence-corrected chi connectivity index (χ4v) is 0.932. The SMILES string of the molecule is CCC(=O)c1c[nH]cc1C. The summed E-state index contributed by atoms with van der Waals surface area (Å²) in [4.78, 5) is 14.0. The normalized spacial score (nSPS) is 9.80. The Kier molecular flexibility index (Phi) is 1.90. The Labute approximate surface area is 60.3 Å². The Hall–Kier alpha value is -1.05. The first-order valence-electron chi connectivity index (χ1n) is 3.42. The Bertz CT molecular complexity index is 237. The maximum atomic E-state index is 11.1. The predicted molar refractivity (Wildman–Crippen MR) is 40.2 cm³/mol. The van der Waals surface area contributed by atoms with E-state index in [4.69, 9.17) is 0 Å². The first-order valence-corrected chi connectivity index (χ1v) is 3.42. The lowest BCUT2D eigenvalue weighted by Gasteiger charge is -1.92. The molecule has 2 heteroatoms. The van der Waals surface area contributed by atoms with Gasteiger partial charge in [0.2, 0.25) is 0 Å². The van der Waals surface area contributed by atoms with E-state index in [1.165, 1.54) is 0 Å². The molecule has 1 aromatic rings. The van der Waals surface area contributed by atoms with E-state index >= 15 is 0 Å². The maximum Gasteiger partial charge on any atom is 0.164 e. The first-order chi connectivity index (χ1) is 4.75. The van der Waals surface area contributed by atoms with Crippen LogP contribution in [0.4, 0.5) is 0 Å². The summed E-state index contributed by atoms with van der Waals surface area (Å²) in [7, 11) is 0. The molecule has 1 rings (SSSR count). The number of carbonyl (C=O) groups is 1. The fraction of sp³-hybridized carbons (Fsp3) is 0.375. The van der Waals surface area contributed by atoms with Gasteiger partial charge >= 0.3 is 0 Å². The summed E-state index contributed by atoms with van der Waals surface area (Å²) >= 11 is 0. The molecule has 0 aliphatic heterocycles. The van der Waals surface area contributed by atoms with E-state index in [0.717, 1.165) is 11.1 Å². The van der Waals surface area contributed by atoms with Gasteiger partial charge in [-0.15, -0.1) is 0 Å². The van der Waals surface area contributed by atoms with Crippen molar-refractivity contribution in [2.45, 2.75) is 20.3 Å². The molecule has 2 nitrogen and oxygen atoms in total. The molecule has 0 fully saturated rings. The van der Waals surface area contributed by atoms with Crippen LogP contribution in [0.3, 0.4) is 0 Å². The minimum Gasteiger partial charge on any atom is -0.367 e. The van der Waals surface area contributed by atoms with Crippen molar-refractivity contribution in [1.82, 2.24) is 4.98 Å². The second-order valence-corrected chi connectivity index (χ2v) is 2.33. The van der Waals surface area contributed by atoms with Gasteiger partial charge in [0.15, 0.2) is 5.78 Å². The van der Waals surface area contributed by atoms with Gasteiger partial charge in [-0.05, 0) is 12.5 Å². The monoisotopic (exact) mass is 137 g/mol. The zero-order chi connectivity index (χ0) is 7.56. The van der Waals surface area contributed by atoms with Crippen LogP contribution >= 0.6 is 0 Å². The second kappa shape index (κ2) is 2.69. The summed E-state index contributed by atoms with van der Waals surface area (Å²) < 4.78 is 0. The first kappa shape index (κ1) is 7.06. The summed E-state index contributed by atoms with van der Waals surface area (Å²) in [5.74, 6) is 0.207. The Morgan fingerprint density at radius 3 is 2.70 bits per heavy atom. The highest BCUT2D eigenvalue weighted by Gasteiger charge is 2.05. The molecular formula is C8H11NO. The highest BCUT2D eigenvalue weighted by molar-refractivity contribution is 5.96. The Morgan fingerprint density at radius 2 is 2.30 bits per heavy atom. The van der Waals surface area contributed by atoms with Crippen LogP contribution in [0.2, 0.25) is 0 Å². The fourth-order valence-electron chi connectivity index (χ4n) is 0.932. The number of rotatable bonds is 2. The highest BCUT2D eigenvalue weighted by atomic mass is 16.1. The smallest absolute Gasteiger partial charge is 0.164 e. The standard InChI is InChI=1S/C8H11NO/c1-3-8(10)7-5-9-4-6(7)2/h4-5,9H,3H2,1-2H3. The number of carbonyl (C=O) groups excluding carboxylic acids is 1. The van der Waals surface area contributed by atoms with Crippen LogP contribution in [0.1, 0.15) is 29.3 Å². The van der Waals surface area contributed by atoms with E-state index in [2.05, 4.69) is 4.98 Å². The average Bonchev–Trinajstić information content (AvgIpc) is 2.34. The van der Waals surface area contributed by atoms with Gasteiger partial charge < -0.3 is 4.98 Å². The van der Waals surface area contributed by atoms with Crippen LogP contribution in [0.25, 0.3) is 0 Å². The van der Waals surface area contributed by atoms with Crippen molar-refractivity contribution in [3.05, 3.63) is 23.5 Å². The molecule has 0 saturated carbocycles. The highest BCUT2D eigenvalue weighted by Crippen LogP contribution is 2.07. The Morgan fingerprint density at radius 1 is 1.60 bits per heavy atom. The number of Topliss-reactive ketones (excluding diaryl/α,β-unsaturated/α-hetero) is 1. The van der Waals surface area contributed by atoms with Crippen LogP contribution in [-0.4, -0.2) is 10.8 Å². The molecule has 1 heterocycles. The van der Waals surface area contributed by atoms with E-state index in [0.29, 0.717) is 6.42 Å². The van der Waals surface area contributed by atoms with Gasteiger partial charge in [-0.2, -0.15) is 0 Å². The molecule has 0 spiro atoms. The van der Waals surface area contributed by atoms with Gasteiger partial charge in [-0.3, -0.25) is 4.79 Å². The lowest BCUT2D eigenvalue weighted by molar-refractivity contribution is 0.0988. The van der Waals surface area contributed by atoms with E-state index in [1.807, 2.05) is 20.0 Å². The molecule has 0 radical (unpaired) electrons. The lowest BCUT2D eigenvalue weighted by atomic mass is 10.1. The van der Waals surface area contributed by atoms with Crippen molar-refractivity contribution in [1.29, 1.82) is 0 Å². The molecule has 0 aliphatic rings. The van der Waals surface area contributed by atoms with Crippen molar-refractivity contribution in [3.8, 4) is 0 Å². The van der Waals surface area contributed by atoms with Crippen molar-refractivity contribution < 1.29 is 4.79 Å². The van der Waals surface area contributed by atoms with E-state index < -0.39 is 0 Å². The Balaban J connectivity index is 2.93. The molecule has 0 atom stereocenters. The summed E-state index contributed by atoms with van der Waals surface area (Å²) in [6, 6.07) is 0. The number of aromatic amines is 1. The number of hydrogen-bond acceptors (Lipinski definition) is 1. The molecule has 0 aromatic carbocycles. The lowest BCUT2D eigenvalue weighted by Crippen LogP contribution is -1.95. The number of hydrogen-bond donors (Lipinski definition) is 1.